The monoisotopic (exact) mass is 440 g/mol. The number of nitrogens with zero attached hydrogens (tertiary/aromatic N) is 4. The molecule has 4 aromatic rings. The molecule has 0 saturated carbocycles. The maximum absolute atomic E-state index is 12.5. The number of aryl methyl sites for hydroxylation is 2. The predicted octanol–water partition coefficient (Wildman–Crippen LogP) is 3.44. The van der Waals surface area contributed by atoms with Crippen LogP contribution in [-0.4, -0.2) is 35.7 Å². The average molecular weight is 441 g/mol. The molecule has 8 nitrogen and oxygen atoms in total. The average Bonchev–Trinajstić information content (AvgIpc) is 3.35. The summed E-state index contributed by atoms with van der Waals surface area (Å²) in [6.45, 7) is 5.74. The Bertz CT molecular complexity index is 1250. The Morgan fingerprint density at radius 1 is 1.37 bits per heavy atom. The number of hydrogen-bond donors (Lipinski definition) is 2. The van der Waals surface area contributed by atoms with Gasteiger partial charge < -0.3 is 10.3 Å². The number of fused-ring (bicyclic) bond motifs is 1. The summed E-state index contributed by atoms with van der Waals surface area (Å²) in [6.07, 6.45) is 6.75. The zero-order valence-electron chi connectivity index (χ0n) is 16.7. The third-order valence-electron chi connectivity index (χ3n) is 4.71. The van der Waals surface area contributed by atoms with Crippen LogP contribution in [0, 0.1) is 13.8 Å². The van der Waals surface area contributed by atoms with Crippen molar-refractivity contribution in [1.29, 1.82) is 0 Å². The number of thiophene rings is 1. The summed E-state index contributed by atoms with van der Waals surface area (Å²) in [5.74, 6) is 1.60. The molecule has 0 radical (unpaired) electrons. The molecule has 154 valence electrons. The number of imidazole rings is 1. The number of pyridine rings is 1. The van der Waals surface area contributed by atoms with E-state index in [1.54, 1.807) is 35.6 Å². The Morgan fingerprint density at radius 2 is 2.20 bits per heavy atom. The maximum atomic E-state index is 12.5. The summed E-state index contributed by atoms with van der Waals surface area (Å²) in [4.78, 5) is 42.4. The number of H-pyrrole nitrogens is 1. The van der Waals surface area contributed by atoms with Crippen LogP contribution in [0.25, 0.3) is 16.0 Å². The molecule has 0 bridgehead atoms. The first-order chi connectivity index (χ1) is 14.4. The minimum absolute atomic E-state index is 0.126. The van der Waals surface area contributed by atoms with Gasteiger partial charge in [-0.15, -0.1) is 23.1 Å². The van der Waals surface area contributed by atoms with Crippen LogP contribution in [0.1, 0.15) is 23.2 Å². The topological polar surface area (TPSA) is 106 Å². The molecule has 1 atom stereocenters. The Labute approximate surface area is 180 Å². The summed E-state index contributed by atoms with van der Waals surface area (Å²) in [5, 5.41) is 3.19. The Kier molecular flexibility index (Phi) is 5.69. The Hall–Kier alpha value is -2.98. The molecule has 10 heteroatoms. The van der Waals surface area contributed by atoms with Crippen LogP contribution in [0.2, 0.25) is 0 Å². The molecule has 0 fully saturated rings. The number of carbonyl (C=O) groups is 1. The van der Waals surface area contributed by atoms with E-state index in [4.69, 9.17) is 0 Å². The number of aromatic amines is 1. The summed E-state index contributed by atoms with van der Waals surface area (Å²) in [5.41, 5.74) is 1.47. The first kappa shape index (κ1) is 20.3. The molecule has 2 N–H and O–H groups in total. The van der Waals surface area contributed by atoms with Gasteiger partial charge in [0.1, 0.15) is 22.8 Å². The minimum atomic E-state index is -0.328. The van der Waals surface area contributed by atoms with Crippen molar-refractivity contribution in [3.63, 3.8) is 0 Å². The summed E-state index contributed by atoms with van der Waals surface area (Å²) in [6, 6.07) is 3.61. The Balaban J connectivity index is 1.38. The third-order valence-corrected chi connectivity index (χ3v) is 6.97. The van der Waals surface area contributed by atoms with Gasteiger partial charge in [-0.2, -0.15) is 0 Å². The van der Waals surface area contributed by atoms with E-state index < -0.39 is 0 Å². The largest absolute Gasteiger partial charge is 0.324 e. The highest BCUT2D eigenvalue weighted by Crippen LogP contribution is 2.26. The van der Waals surface area contributed by atoms with Crippen LogP contribution in [0.3, 0.4) is 0 Å². The van der Waals surface area contributed by atoms with Crippen LogP contribution in [0.15, 0.2) is 41.8 Å². The Morgan fingerprint density at radius 3 is 2.90 bits per heavy atom. The van der Waals surface area contributed by atoms with Crippen molar-refractivity contribution in [2.45, 2.75) is 31.8 Å². The normalized spacial score (nSPS) is 12.2. The SMILES string of the molecule is Cc1sc2nc(CSC(C)C(=O)Nc3ccc(-n4ccnc4)nc3)[nH]c(=O)c2c1C. The van der Waals surface area contributed by atoms with E-state index in [1.807, 2.05) is 26.8 Å². The van der Waals surface area contributed by atoms with Gasteiger partial charge in [0.05, 0.1) is 28.3 Å². The number of thioether (sulfide) groups is 1. The number of anilines is 1. The van der Waals surface area contributed by atoms with Gasteiger partial charge in [-0.05, 0) is 38.5 Å². The van der Waals surface area contributed by atoms with E-state index in [-0.39, 0.29) is 16.7 Å². The zero-order chi connectivity index (χ0) is 21.3. The van der Waals surface area contributed by atoms with Crippen LogP contribution < -0.4 is 10.9 Å². The number of rotatable bonds is 6. The number of aromatic nitrogens is 5. The number of hydrogen-bond acceptors (Lipinski definition) is 7. The second-order valence-electron chi connectivity index (χ2n) is 6.79. The first-order valence-electron chi connectivity index (χ1n) is 9.28. The molecule has 0 aliphatic heterocycles. The highest BCUT2D eigenvalue weighted by atomic mass is 32.2. The molecule has 0 aliphatic rings. The summed E-state index contributed by atoms with van der Waals surface area (Å²) in [7, 11) is 0. The molecule has 4 aromatic heterocycles. The van der Waals surface area contributed by atoms with Crippen molar-refractivity contribution in [2.75, 3.05) is 5.32 Å². The van der Waals surface area contributed by atoms with E-state index in [0.717, 1.165) is 21.1 Å². The van der Waals surface area contributed by atoms with Crippen LogP contribution in [0.4, 0.5) is 5.69 Å². The van der Waals surface area contributed by atoms with Crippen LogP contribution in [-0.2, 0) is 10.5 Å². The predicted molar refractivity (Wildman–Crippen MR) is 120 cm³/mol. The maximum Gasteiger partial charge on any atom is 0.259 e. The highest BCUT2D eigenvalue weighted by molar-refractivity contribution is 7.99. The number of carbonyl (C=O) groups excluding carboxylic acids is 1. The number of nitrogens with one attached hydrogen (secondary N) is 2. The molecule has 1 unspecified atom stereocenters. The van der Waals surface area contributed by atoms with Gasteiger partial charge in [-0.25, -0.2) is 15.0 Å². The van der Waals surface area contributed by atoms with E-state index in [9.17, 15) is 9.59 Å². The molecule has 0 saturated heterocycles. The van der Waals surface area contributed by atoms with Crippen molar-refractivity contribution < 1.29 is 4.79 Å². The van der Waals surface area contributed by atoms with Gasteiger partial charge >= 0.3 is 0 Å². The van der Waals surface area contributed by atoms with Gasteiger partial charge in [0.25, 0.3) is 5.56 Å². The lowest BCUT2D eigenvalue weighted by Crippen LogP contribution is -2.23. The molecule has 30 heavy (non-hydrogen) atoms. The fourth-order valence-electron chi connectivity index (χ4n) is 2.90. The fourth-order valence-corrected chi connectivity index (χ4v) is 4.70. The molecule has 0 aromatic carbocycles. The van der Waals surface area contributed by atoms with Gasteiger partial charge in [-0.1, -0.05) is 0 Å². The molecule has 0 aliphatic carbocycles. The third kappa shape index (κ3) is 4.14. The lowest BCUT2D eigenvalue weighted by molar-refractivity contribution is -0.115. The van der Waals surface area contributed by atoms with Crippen molar-refractivity contribution in [3.8, 4) is 5.82 Å². The second-order valence-corrected chi connectivity index (χ2v) is 9.33. The van der Waals surface area contributed by atoms with Gasteiger partial charge in [0, 0.05) is 17.3 Å². The van der Waals surface area contributed by atoms with Crippen LogP contribution >= 0.6 is 23.1 Å². The van der Waals surface area contributed by atoms with Crippen molar-refractivity contribution in [1.82, 2.24) is 24.5 Å². The van der Waals surface area contributed by atoms with E-state index in [2.05, 4.69) is 25.3 Å². The lowest BCUT2D eigenvalue weighted by Gasteiger charge is -2.12. The standard InChI is InChI=1S/C20H20N6O2S2/c1-11-12(2)30-20-17(11)19(28)24-15(25-20)9-29-13(3)18(27)23-14-4-5-16(22-8-14)26-7-6-21-10-26/h4-8,10,13H,9H2,1-3H3,(H,23,27)(H,24,25,28). The van der Waals surface area contributed by atoms with E-state index in [0.29, 0.717) is 22.7 Å². The van der Waals surface area contributed by atoms with Crippen molar-refractivity contribution >= 4 is 44.9 Å². The molecule has 4 heterocycles. The zero-order valence-corrected chi connectivity index (χ0v) is 18.3. The summed E-state index contributed by atoms with van der Waals surface area (Å²) >= 11 is 2.93. The quantitative estimate of drug-likeness (QED) is 0.476. The molecule has 1 amide bonds. The number of amides is 1. The summed E-state index contributed by atoms with van der Waals surface area (Å²) < 4.78 is 1.78. The van der Waals surface area contributed by atoms with E-state index in [1.165, 1.54) is 23.1 Å². The first-order valence-corrected chi connectivity index (χ1v) is 11.1. The van der Waals surface area contributed by atoms with Crippen molar-refractivity contribution in [2.24, 2.45) is 0 Å². The molecular formula is C20H20N6O2S2. The van der Waals surface area contributed by atoms with E-state index >= 15 is 0 Å². The van der Waals surface area contributed by atoms with Crippen LogP contribution in [0.5, 0.6) is 0 Å². The minimum Gasteiger partial charge on any atom is -0.324 e. The van der Waals surface area contributed by atoms with Gasteiger partial charge in [0.15, 0.2) is 0 Å². The van der Waals surface area contributed by atoms with Gasteiger partial charge in [-0.3, -0.25) is 14.2 Å². The van der Waals surface area contributed by atoms with Gasteiger partial charge in [0.2, 0.25) is 5.91 Å². The fraction of sp³-hybridized carbons (Fsp3) is 0.250. The smallest absolute Gasteiger partial charge is 0.259 e. The second kappa shape index (κ2) is 8.41. The molecule has 0 spiro atoms. The molecular weight excluding hydrogens is 420 g/mol. The highest BCUT2D eigenvalue weighted by Gasteiger charge is 2.16. The lowest BCUT2D eigenvalue weighted by atomic mass is 10.2. The molecule has 4 rings (SSSR count). The van der Waals surface area contributed by atoms with Crippen molar-refractivity contribution in [3.05, 3.63) is 63.7 Å².